The first kappa shape index (κ1) is 9.52. The minimum atomic E-state index is -0.218. The summed E-state index contributed by atoms with van der Waals surface area (Å²) in [4.78, 5) is 4.31. The Morgan fingerprint density at radius 3 is 2.71 bits per heavy atom. The zero-order chi connectivity index (χ0) is 9.97. The number of nitrogens with zero attached hydrogens (tertiary/aromatic N) is 1. The molecule has 1 heterocycles. The SMILES string of the molecule is C[C@@H]1CN=C(Nc2ccc(F)cc2)S1. The van der Waals surface area contributed by atoms with Crippen LogP contribution >= 0.6 is 11.8 Å². The molecule has 1 aliphatic rings. The van der Waals surface area contributed by atoms with E-state index in [9.17, 15) is 4.39 Å². The van der Waals surface area contributed by atoms with E-state index in [1.165, 1.54) is 12.1 Å². The van der Waals surface area contributed by atoms with Gasteiger partial charge >= 0.3 is 0 Å². The van der Waals surface area contributed by atoms with Crippen molar-refractivity contribution in [2.75, 3.05) is 11.9 Å². The van der Waals surface area contributed by atoms with Crippen LogP contribution in [0, 0.1) is 5.82 Å². The number of hydrogen-bond donors (Lipinski definition) is 1. The third kappa shape index (κ3) is 2.26. The van der Waals surface area contributed by atoms with Crippen molar-refractivity contribution in [1.82, 2.24) is 0 Å². The molecule has 0 fully saturated rings. The first-order valence-corrected chi connectivity index (χ1v) is 5.36. The molecule has 0 radical (unpaired) electrons. The van der Waals surface area contributed by atoms with Crippen LogP contribution in [0.3, 0.4) is 0 Å². The molecule has 0 amide bonds. The summed E-state index contributed by atoms with van der Waals surface area (Å²) >= 11 is 1.71. The van der Waals surface area contributed by atoms with Gasteiger partial charge in [-0.1, -0.05) is 18.7 Å². The lowest BCUT2D eigenvalue weighted by molar-refractivity contribution is 0.628. The molecule has 1 N–H and O–H groups in total. The topological polar surface area (TPSA) is 24.4 Å². The maximum Gasteiger partial charge on any atom is 0.161 e. The molecule has 74 valence electrons. The molecule has 0 saturated heterocycles. The highest BCUT2D eigenvalue weighted by Crippen LogP contribution is 2.21. The Hall–Kier alpha value is -1.03. The molecule has 1 aromatic carbocycles. The van der Waals surface area contributed by atoms with Crippen molar-refractivity contribution in [3.63, 3.8) is 0 Å². The zero-order valence-electron chi connectivity index (χ0n) is 7.83. The van der Waals surface area contributed by atoms with Crippen molar-refractivity contribution in [3.05, 3.63) is 30.1 Å². The van der Waals surface area contributed by atoms with Gasteiger partial charge in [-0.15, -0.1) is 0 Å². The predicted molar refractivity (Wildman–Crippen MR) is 59.4 cm³/mol. The van der Waals surface area contributed by atoms with E-state index >= 15 is 0 Å². The Bertz CT molecular complexity index is 348. The van der Waals surface area contributed by atoms with Gasteiger partial charge in [0.05, 0.1) is 6.54 Å². The van der Waals surface area contributed by atoms with Crippen molar-refractivity contribution in [2.24, 2.45) is 4.99 Å². The summed E-state index contributed by atoms with van der Waals surface area (Å²) in [5.74, 6) is -0.218. The Kier molecular flexibility index (Phi) is 2.72. The van der Waals surface area contributed by atoms with E-state index in [1.807, 2.05) is 0 Å². The maximum absolute atomic E-state index is 12.6. The molecular formula is C10H11FN2S. The van der Waals surface area contributed by atoms with Gasteiger partial charge in [-0.05, 0) is 24.3 Å². The quantitative estimate of drug-likeness (QED) is 0.770. The van der Waals surface area contributed by atoms with Gasteiger partial charge in [0.2, 0.25) is 0 Å². The number of anilines is 1. The van der Waals surface area contributed by atoms with Gasteiger partial charge in [-0.3, -0.25) is 4.99 Å². The molecule has 2 rings (SSSR count). The maximum atomic E-state index is 12.6. The third-order valence-electron chi connectivity index (χ3n) is 1.90. The summed E-state index contributed by atoms with van der Waals surface area (Å²) in [7, 11) is 0. The second kappa shape index (κ2) is 4.00. The molecule has 14 heavy (non-hydrogen) atoms. The van der Waals surface area contributed by atoms with Crippen LogP contribution in [0.2, 0.25) is 0 Å². The molecule has 1 aromatic rings. The molecule has 0 bridgehead atoms. The molecule has 0 aromatic heterocycles. The summed E-state index contributed by atoms with van der Waals surface area (Å²) in [6, 6.07) is 6.29. The second-order valence-electron chi connectivity index (χ2n) is 3.21. The fourth-order valence-corrected chi connectivity index (χ4v) is 2.06. The number of nitrogens with one attached hydrogen (secondary N) is 1. The van der Waals surface area contributed by atoms with Crippen molar-refractivity contribution in [3.8, 4) is 0 Å². The molecule has 0 spiro atoms. The molecule has 0 saturated carbocycles. The van der Waals surface area contributed by atoms with Crippen molar-refractivity contribution < 1.29 is 4.39 Å². The Morgan fingerprint density at radius 2 is 2.14 bits per heavy atom. The lowest BCUT2D eigenvalue weighted by Crippen LogP contribution is -2.05. The van der Waals surface area contributed by atoms with E-state index in [2.05, 4.69) is 17.2 Å². The van der Waals surface area contributed by atoms with E-state index in [0.717, 1.165) is 17.4 Å². The predicted octanol–water partition coefficient (Wildman–Crippen LogP) is 2.73. The lowest BCUT2D eigenvalue weighted by atomic mass is 10.3. The smallest absolute Gasteiger partial charge is 0.161 e. The first-order valence-electron chi connectivity index (χ1n) is 4.48. The summed E-state index contributed by atoms with van der Waals surface area (Å²) in [5, 5.41) is 4.61. The van der Waals surface area contributed by atoms with Crippen molar-refractivity contribution in [2.45, 2.75) is 12.2 Å². The molecule has 1 aliphatic heterocycles. The molecule has 0 aliphatic carbocycles. The van der Waals surface area contributed by atoms with Crippen LogP contribution < -0.4 is 5.32 Å². The van der Waals surface area contributed by atoms with E-state index in [0.29, 0.717) is 5.25 Å². The minimum absolute atomic E-state index is 0.218. The number of amidine groups is 1. The zero-order valence-corrected chi connectivity index (χ0v) is 8.64. The number of benzene rings is 1. The van der Waals surface area contributed by atoms with Crippen LogP contribution in [0.25, 0.3) is 0 Å². The van der Waals surface area contributed by atoms with Crippen LogP contribution in [0.1, 0.15) is 6.92 Å². The molecule has 2 nitrogen and oxygen atoms in total. The van der Waals surface area contributed by atoms with Crippen molar-refractivity contribution >= 4 is 22.6 Å². The average Bonchev–Trinajstić information content (AvgIpc) is 2.56. The van der Waals surface area contributed by atoms with Gasteiger partial charge in [-0.25, -0.2) is 4.39 Å². The van der Waals surface area contributed by atoms with Crippen LogP contribution in [-0.2, 0) is 0 Å². The normalized spacial score (nSPS) is 20.7. The Labute approximate surface area is 86.6 Å². The van der Waals surface area contributed by atoms with Gasteiger partial charge < -0.3 is 5.32 Å². The summed E-state index contributed by atoms with van der Waals surface area (Å²) < 4.78 is 12.6. The Morgan fingerprint density at radius 1 is 1.43 bits per heavy atom. The summed E-state index contributed by atoms with van der Waals surface area (Å²) in [6.45, 7) is 2.99. The van der Waals surface area contributed by atoms with Crippen LogP contribution in [0.15, 0.2) is 29.3 Å². The number of rotatable bonds is 1. The van der Waals surface area contributed by atoms with E-state index in [4.69, 9.17) is 0 Å². The molecule has 4 heteroatoms. The number of aliphatic imine (C=N–C) groups is 1. The van der Waals surface area contributed by atoms with E-state index < -0.39 is 0 Å². The van der Waals surface area contributed by atoms with Gasteiger partial charge in [-0.2, -0.15) is 0 Å². The standard InChI is InChI=1S/C10H11FN2S/c1-7-6-12-10(14-7)13-9-4-2-8(11)3-5-9/h2-5,7H,6H2,1H3,(H,12,13)/t7-/m1/s1. The van der Waals surface area contributed by atoms with E-state index in [1.54, 1.807) is 23.9 Å². The largest absolute Gasteiger partial charge is 0.335 e. The van der Waals surface area contributed by atoms with Crippen LogP contribution in [-0.4, -0.2) is 17.0 Å². The lowest BCUT2D eigenvalue weighted by Gasteiger charge is -2.05. The molecule has 0 unspecified atom stereocenters. The van der Waals surface area contributed by atoms with Gasteiger partial charge in [0.15, 0.2) is 5.17 Å². The van der Waals surface area contributed by atoms with Crippen LogP contribution in [0.5, 0.6) is 0 Å². The molecular weight excluding hydrogens is 199 g/mol. The van der Waals surface area contributed by atoms with E-state index in [-0.39, 0.29) is 5.82 Å². The van der Waals surface area contributed by atoms with Gasteiger partial charge in [0, 0.05) is 10.9 Å². The summed E-state index contributed by atoms with van der Waals surface area (Å²) in [5.41, 5.74) is 0.881. The third-order valence-corrected chi connectivity index (χ3v) is 2.91. The number of thioether (sulfide) groups is 1. The Balaban J connectivity index is 2.01. The number of hydrogen-bond acceptors (Lipinski definition) is 3. The highest BCUT2D eigenvalue weighted by Gasteiger charge is 2.14. The fraction of sp³-hybridized carbons (Fsp3) is 0.300. The molecule has 1 atom stereocenters. The highest BCUT2D eigenvalue weighted by molar-refractivity contribution is 8.15. The monoisotopic (exact) mass is 210 g/mol. The second-order valence-corrected chi connectivity index (χ2v) is 4.63. The van der Waals surface area contributed by atoms with Gasteiger partial charge in [0.25, 0.3) is 0 Å². The highest BCUT2D eigenvalue weighted by atomic mass is 32.2. The van der Waals surface area contributed by atoms with Crippen LogP contribution in [0.4, 0.5) is 10.1 Å². The minimum Gasteiger partial charge on any atom is -0.335 e. The number of halogens is 1. The summed E-state index contributed by atoms with van der Waals surface area (Å²) in [6.07, 6.45) is 0. The first-order chi connectivity index (χ1) is 6.74. The van der Waals surface area contributed by atoms with Crippen molar-refractivity contribution in [1.29, 1.82) is 0 Å². The fourth-order valence-electron chi connectivity index (χ4n) is 1.20. The average molecular weight is 210 g/mol. The van der Waals surface area contributed by atoms with Gasteiger partial charge in [0.1, 0.15) is 5.82 Å².